The fraction of sp³-hybridized carbons (Fsp3) is 0.480. The maximum absolute atomic E-state index is 12.9. The Morgan fingerprint density at radius 2 is 1.89 bits per heavy atom. The largest absolute Gasteiger partial charge is 0.364 e. The van der Waals surface area contributed by atoms with Crippen LogP contribution in [-0.4, -0.2) is 81.0 Å². The number of fused-ring (bicyclic) bond motifs is 1. The van der Waals surface area contributed by atoms with Gasteiger partial charge in [0.15, 0.2) is 0 Å². The van der Waals surface area contributed by atoms with Crippen molar-refractivity contribution in [1.82, 2.24) is 29.3 Å². The lowest BCUT2D eigenvalue weighted by molar-refractivity contribution is 0.0815. The molecule has 1 saturated heterocycles. The van der Waals surface area contributed by atoms with Crippen molar-refractivity contribution in [3.63, 3.8) is 0 Å². The zero-order chi connectivity index (χ0) is 25.4. The average Bonchev–Trinajstić information content (AvgIpc) is 3.51. The Hall–Kier alpha value is -3.89. The SMILES string of the molecule is CC1CN(C(N)=O)CCN1c1ccc(Nc2ncc3cc(C(=O)N(C)C)n(C4CCCC4)c3n2)nc1. The first-order chi connectivity index (χ1) is 17.3. The maximum atomic E-state index is 12.9. The summed E-state index contributed by atoms with van der Waals surface area (Å²) >= 11 is 0. The molecule has 3 amide bonds. The summed E-state index contributed by atoms with van der Waals surface area (Å²) < 4.78 is 2.10. The highest BCUT2D eigenvalue weighted by atomic mass is 16.2. The molecule has 3 aromatic heterocycles. The highest BCUT2D eigenvalue weighted by Gasteiger charge is 2.27. The van der Waals surface area contributed by atoms with E-state index in [0.717, 1.165) is 42.4 Å². The van der Waals surface area contributed by atoms with Crippen LogP contribution in [0, 0.1) is 0 Å². The number of nitrogens with zero attached hydrogens (tertiary/aromatic N) is 7. The van der Waals surface area contributed by atoms with E-state index in [4.69, 9.17) is 10.7 Å². The van der Waals surface area contributed by atoms with Gasteiger partial charge in [-0.2, -0.15) is 4.98 Å². The van der Waals surface area contributed by atoms with Gasteiger partial charge in [0.1, 0.15) is 17.2 Å². The minimum atomic E-state index is -0.381. The maximum Gasteiger partial charge on any atom is 0.314 e. The van der Waals surface area contributed by atoms with E-state index in [2.05, 4.69) is 31.7 Å². The summed E-state index contributed by atoms with van der Waals surface area (Å²) in [7, 11) is 3.54. The Bertz CT molecular complexity index is 1260. The first kappa shape index (κ1) is 23.8. The van der Waals surface area contributed by atoms with Crippen LogP contribution < -0.4 is 16.0 Å². The summed E-state index contributed by atoms with van der Waals surface area (Å²) in [6.45, 7) is 3.94. The van der Waals surface area contributed by atoms with Crippen LogP contribution in [0.2, 0.25) is 0 Å². The molecular weight excluding hydrogens is 458 g/mol. The molecule has 0 aromatic carbocycles. The van der Waals surface area contributed by atoms with Crippen molar-refractivity contribution in [2.45, 2.75) is 44.7 Å². The molecule has 1 atom stereocenters. The van der Waals surface area contributed by atoms with E-state index in [1.54, 1.807) is 30.1 Å². The molecule has 0 radical (unpaired) electrons. The number of primary amides is 1. The lowest BCUT2D eigenvalue weighted by atomic mass is 10.2. The van der Waals surface area contributed by atoms with Gasteiger partial charge < -0.3 is 30.3 Å². The molecule has 1 unspecified atom stereocenters. The van der Waals surface area contributed by atoms with Crippen molar-refractivity contribution in [1.29, 1.82) is 0 Å². The summed E-state index contributed by atoms with van der Waals surface area (Å²) in [6, 6.07) is 5.81. The van der Waals surface area contributed by atoms with Crippen LogP contribution >= 0.6 is 0 Å². The first-order valence-corrected chi connectivity index (χ1v) is 12.5. The number of rotatable bonds is 5. The molecule has 1 saturated carbocycles. The van der Waals surface area contributed by atoms with Gasteiger partial charge in [-0.25, -0.2) is 14.8 Å². The zero-order valence-corrected chi connectivity index (χ0v) is 21.0. The van der Waals surface area contributed by atoms with Gasteiger partial charge in [-0.1, -0.05) is 12.8 Å². The molecule has 0 bridgehead atoms. The molecule has 1 aliphatic heterocycles. The Balaban J connectivity index is 1.37. The molecule has 3 N–H and O–H groups in total. The Kier molecular flexibility index (Phi) is 6.38. The Morgan fingerprint density at radius 3 is 2.53 bits per heavy atom. The zero-order valence-electron chi connectivity index (χ0n) is 21.0. The van der Waals surface area contributed by atoms with Gasteiger partial charge in [0.05, 0.1) is 11.9 Å². The molecule has 36 heavy (non-hydrogen) atoms. The molecule has 2 aliphatic rings. The summed E-state index contributed by atoms with van der Waals surface area (Å²) in [6.07, 6.45) is 7.97. The number of nitrogens with two attached hydrogens (primary N) is 1. The highest BCUT2D eigenvalue weighted by Crippen LogP contribution is 2.35. The predicted octanol–water partition coefficient (Wildman–Crippen LogP) is 2.98. The smallest absolute Gasteiger partial charge is 0.314 e. The van der Waals surface area contributed by atoms with Crippen molar-refractivity contribution in [2.75, 3.05) is 43.9 Å². The molecule has 0 spiro atoms. The molecule has 3 aromatic rings. The molecular formula is C25H33N9O2. The average molecular weight is 492 g/mol. The number of hydrogen-bond acceptors (Lipinski definition) is 7. The summed E-state index contributed by atoms with van der Waals surface area (Å²) in [5.74, 6) is 1.04. The Labute approximate surface area is 210 Å². The number of carbonyl (C=O) groups is 2. The van der Waals surface area contributed by atoms with Gasteiger partial charge in [-0.05, 0) is 38.0 Å². The predicted molar refractivity (Wildman–Crippen MR) is 139 cm³/mol. The van der Waals surface area contributed by atoms with Crippen LogP contribution in [0.4, 0.5) is 22.2 Å². The third kappa shape index (κ3) is 4.52. The van der Waals surface area contributed by atoms with Crippen LogP contribution in [0.3, 0.4) is 0 Å². The Morgan fingerprint density at radius 1 is 1.11 bits per heavy atom. The number of anilines is 3. The second-order valence-corrected chi connectivity index (χ2v) is 9.86. The van der Waals surface area contributed by atoms with Gasteiger partial charge >= 0.3 is 6.03 Å². The second kappa shape index (κ2) is 9.63. The lowest BCUT2D eigenvalue weighted by Gasteiger charge is -2.40. The van der Waals surface area contributed by atoms with E-state index in [0.29, 0.717) is 37.1 Å². The van der Waals surface area contributed by atoms with Crippen molar-refractivity contribution in [3.05, 3.63) is 36.3 Å². The summed E-state index contributed by atoms with van der Waals surface area (Å²) in [4.78, 5) is 43.7. The monoisotopic (exact) mass is 491 g/mol. The molecule has 1 aliphatic carbocycles. The number of amides is 3. The van der Waals surface area contributed by atoms with Crippen LogP contribution in [0.25, 0.3) is 11.0 Å². The van der Waals surface area contributed by atoms with Crippen LogP contribution in [-0.2, 0) is 0 Å². The van der Waals surface area contributed by atoms with Crippen LogP contribution in [0.15, 0.2) is 30.6 Å². The molecule has 2 fully saturated rings. The third-order valence-corrected chi connectivity index (χ3v) is 7.15. The minimum Gasteiger partial charge on any atom is -0.364 e. The third-order valence-electron chi connectivity index (χ3n) is 7.15. The molecule has 11 nitrogen and oxygen atoms in total. The van der Waals surface area contributed by atoms with Gasteiger partial charge in [0.25, 0.3) is 5.91 Å². The normalized spacial score (nSPS) is 18.6. The number of hydrogen-bond donors (Lipinski definition) is 2. The summed E-state index contributed by atoms with van der Waals surface area (Å²) in [5, 5.41) is 4.06. The van der Waals surface area contributed by atoms with Gasteiger partial charge in [-0.3, -0.25) is 4.79 Å². The van der Waals surface area contributed by atoms with Gasteiger partial charge in [0.2, 0.25) is 5.95 Å². The van der Waals surface area contributed by atoms with E-state index in [9.17, 15) is 9.59 Å². The van der Waals surface area contributed by atoms with Gasteiger partial charge in [-0.15, -0.1) is 0 Å². The molecule has 11 heteroatoms. The van der Waals surface area contributed by atoms with E-state index < -0.39 is 0 Å². The lowest BCUT2D eigenvalue weighted by Crippen LogP contribution is -2.55. The van der Waals surface area contributed by atoms with Crippen molar-refractivity contribution in [3.8, 4) is 0 Å². The second-order valence-electron chi connectivity index (χ2n) is 9.86. The standard InChI is InChI=1S/C25H33N9O2/c1-16-15-32(24(26)36)10-11-33(16)19-8-9-21(27-14-19)29-25-28-13-17-12-20(23(35)31(2)3)34(22(17)30-25)18-6-4-5-7-18/h8-9,12-14,16,18H,4-7,10-11,15H2,1-3H3,(H2,26,36)(H,27,28,29,30). The van der Waals surface area contributed by atoms with Crippen LogP contribution in [0.5, 0.6) is 0 Å². The van der Waals surface area contributed by atoms with Gasteiger partial charge in [0, 0.05) is 57.4 Å². The van der Waals surface area contributed by atoms with Crippen molar-refractivity contribution in [2.24, 2.45) is 5.73 Å². The quantitative estimate of drug-likeness (QED) is 0.562. The number of pyridine rings is 1. The number of urea groups is 1. The highest BCUT2D eigenvalue weighted by molar-refractivity contribution is 5.97. The molecule has 4 heterocycles. The number of aromatic nitrogens is 4. The summed E-state index contributed by atoms with van der Waals surface area (Å²) in [5.41, 5.74) is 7.83. The van der Waals surface area contributed by atoms with E-state index >= 15 is 0 Å². The van der Waals surface area contributed by atoms with Crippen molar-refractivity contribution >= 4 is 40.4 Å². The first-order valence-electron chi connectivity index (χ1n) is 12.5. The molecule has 5 rings (SSSR count). The van der Waals surface area contributed by atoms with Crippen LogP contribution in [0.1, 0.15) is 49.1 Å². The topological polar surface area (TPSA) is 126 Å². The van der Waals surface area contributed by atoms with E-state index in [1.165, 1.54) is 0 Å². The van der Waals surface area contributed by atoms with E-state index in [1.807, 2.05) is 24.4 Å². The fourth-order valence-corrected chi connectivity index (χ4v) is 5.28. The minimum absolute atomic E-state index is 0.0300. The fourth-order valence-electron chi connectivity index (χ4n) is 5.28. The number of piperazine rings is 1. The van der Waals surface area contributed by atoms with E-state index in [-0.39, 0.29) is 24.0 Å². The number of carbonyl (C=O) groups excluding carboxylic acids is 2. The molecule has 190 valence electrons. The number of nitrogens with one attached hydrogen (secondary N) is 1. The van der Waals surface area contributed by atoms with Crippen molar-refractivity contribution < 1.29 is 9.59 Å².